The van der Waals surface area contributed by atoms with Crippen LogP contribution >= 0.6 is 23.2 Å². The van der Waals surface area contributed by atoms with Crippen LogP contribution < -0.4 is 10.0 Å². The van der Waals surface area contributed by atoms with Crippen LogP contribution in [0.25, 0.3) is 0 Å². The van der Waals surface area contributed by atoms with Gasteiger partial charge in [-0.1, -0.05) is 48.2 Å². The molecule has 0 bridgehead atoms. The van der Waals surface area contributed by atoms with Crippen LogP contribution in [-0.2, 0) is 10.0 Å². The quantitative estimate of drug-likeness (QED) is 0.701. The van der Waals surface area contributed by atoms with Crippen LogP contribution in [0.1, 0.15) is 36.0 Å². The summed E-state index contributed by atoms with van der Waals surface area (Å²) in [5.41, 5.74) is 0.489. The molecule has 0 radical (unpaired) electrons. The number of benzene rings is 2. The highest BCUT2D eigenvalue weighted by Crippen LogP contribution is 2.28. The van der Waals surface area contributed by atoms with Gasteiger partial charge >= 0.3 is 0 Å². The fourth-order valence-electron chi connectivity index (χ4n) is 3.15. The number of halogens is 2. The van der Waals surface area contributed by atoms with Crippen molar-refractivity contribution in [3.63, 3.8) is 0 Å². The van der Waals surface area contributed by atoms with E-state index in [4.69, 9.17) is 23.2 Å². The smallest absolute Gasteiger partial charge is 0.263 e. The average molecular weight is 427 g/mol. The first-order valence-corrected chi connectivity index (χ1v) is 11.0. The minimum absolute atomic E-state index is 0.0295. The van der Waals surface area contributed by atoms with Crippen molar-refractivity contribution in [2.45, 2.75) is 30.6 Å². The number of hydrogen-bond acceptors (Lipinski definition) is 3. The van der Waals surface area contributed by atoms with Gasteiger partial charge in [0.25, 0.3) is 15.9 Å². The number of hydrogen-bond donors (Lipinski definition) is 2. The maximum Gasteiger partial charge on any atom is 0.263 e. The van der Waals surface area contributed by atoms with Crippen LogP contribution in [0.2, 0.25) is 10.0 Å². The predicted molar refractivity (Wildman–Crippen MR) is 108 cm³/mol. The molecule has 1 aliphatic carbocycles. The Bertz CT molecular complexity index is 942. The number of anilines is 1. The summed E-state index contributed by atoms with van der Waals surface area (Å²) in [5.74, 6) is 0.180. The van der Waals surface area contributed by atoms with Gasteiger partial charge in [0.1, 0.15) is 4.90 Å². The van der Waals surface area contributed by atoms with E-state index in [1.165, 1.54) is 31.0 Å². The van der Waals surface area contributed by atoms with Crippen LogP contribution in [-0.4, -0.2) is 20.9 Å². The Labute approximate surface area is 169 Å². The van der Waals surface area contributed by atoms with Gasteiger partial charge in [0, 0.05) is 12.1 Å². The zero-order valence-electron chi connectivity index (χ0n) is 14.5. The molecule has 1 aliphatic rings. The fraction of sp³-hybridized carbons (Fsp3) is 0.316. The number of sulfonamides is 1. The Morgan fingerprint density at radius 1 is 1.04 bits per heavy atom. The highest BCUT2D eigenvalue weighted by Gasteiger charge is 2.22. The molecule has 144 valence electrons. The molecule has 1 amide bonds. The molecular formula is C19H20Cl2N2O3S. The largest absolute Gasteiger partial charge is 0.352 e. The SMILES string of the molecule is O=C(NCC1CCCC1)c1ccc(Cl)c(S(=O)(=O)Nc2ccccc2Cl)c1. The summed E-state index contributed by atoms with van der Waals surface area (Å²) >= 11 is 12.1. The summed E-state index contributed by atoms with van der Waals surface area (Å²) in [6, 6.07) is 10.7. The minimum Gasteiger partial charge on any atom is -0.352 e. The molecule has 1 fully saturated rings. The molecule has 0 unspecified atom stereocenters. The van der Waals surface area contributed by atoms with Gasteiger partial charge in [0.2, 0.25) is 0 Å². The third-order valence-electron chi connectivity index (χ3n) is 4.63. The first-order valence-electron chi connectivity index (χ1n) is 8.72. The van der Waals surface area contributed by atoms with Crippen molar-refractivity contribution in [2.24, 2.45) is 5.92 Å². The molecule has 2 N–H and O–H groups in total. The Morgan fingerprint density at radius 2 is 1.74 bits per heavy atom. The molecule has 3 rings (SSSR count). The summed E-state index contributed by atoms with van der Waals surface area (Å²) in [7, 11) is -4.00. The normalized spacial score (nSPS) is 14.9. The molecule has 27 heavy (non-hydrogen) atoms. The summed E-state index contributed by atoms with van der Waals surface area (Å²) in [6.45, 7) is 0.599. The van der Waals surface area contributed by atoms with Gasteiger partial charge in [-0.15, -0.1) is 0 Å². The third kappa shape index (κ3) is 4.94. The summed E-state index contributed by atoms with van der Waals surface area (Å²) in [6.07, 6.45) is 4.61. The van der Waals surface area contributed by atoms with Crippen LogP contribution in [0, 0.1) is 5.92 Å². The second-order valence-electron chi connectivity index (χ2n) is 6.59. The van der Waals surface area contributed by atoms with Crippen molar-refractivity contribution in [3.8, 4) is 0 Å². The van der Waals surface area contributed by atoms with Gasteiger partial charge in [-0.05, 0) is 49.1 Å². The molecule has 0 aromatic heterocycles. The lowest BCUT2D eigenvalue weighted by Gasteiger charge is -2.13. The average Bonchev–Trinajstić information content (AvgIpc) is 3.15. The van der Waals surface area contributed by atoms with E-state index in [1.54, 1.807) is 24.3 Å². The van der Waals surface area contributed by atoms with Crippen LogP contribution in [0.15, 0.2) is 47.4 Å². The van der Waals surface area contributed by atoms with Gasteiger partial charge in [-0.2, -0.15) is 0 Å². The molecule has 0 spiro atoms. The zero-order valence-corrected chi connectivity index (χ0v) is 16.9. The molecule has 0 saturated heterocycles. The molecular weight excluding hydrogens is 407 g/mol. The van der Waals surface area contributed by atoms with E-state index < -0.39 is 10.0 Å². The van der Waals surface area contributed by atoms with Gasteiger partial charge in [0.15, 0.2) is 0 Å². The first kappa shape index (κ1) is 20.0. The van der Waals surface area contributed by atoms with Gasteiger partial charge in [-0.25, -0.2) is 8.42 Å². The predicted octanol–water partition coefficient (Wildman–Crippen LogP) is 4.71. The number of nitrogens with one attached hydrogen (secondary N) is 2. The standard InChI is InChI=1S/C19H20Cl2N2O3S/c20-15-7-3-4-8-17(15)23-27(25,26)18-11-14(9-10-16(18)21)19(24)22-12-13-5-1-2-6-13/h3-4,7-11,13,23H,1-2,5-6,12H2,(H,22,24). The van der Waals surface area contributed by atoms with Gasteiger partial charge in [-0.3, -0.25) is 9.52 Å². The van der Waals surface area contributed by atoms with E-state index in [0.29, 0.717) is 12.5 Å². The van der Waals surface area contributed by atoms with Crippen molar-refractivity contribution < 1.29 is 13.2 Å². The molecule has 0 atom stereocenters. The number of para-hydroxylation sites is 1. The fourth-order valence-corrected chi connectivity index (χ4v) is 4.99. The van der Waals surface area contributed by atoms with Gasteiger partial charge < -0.3 is 5.32 Å². The highest BCUT2D eigenvalue weighted by atomic mass is 35.5. The lowest BCUT2D eigenvalue weighted by atomic mass is 10.1. The van der Waals surface area contributed by atoms with E-state index >= 15 is 0 Å². The lowest BCUT2D eigenvalue weighted by Crippen LogP contribution is -2.28. The molecule has 2 aromatic carbocycles. The van der Waals surface area contributed by atoms with Crippen molar-refractivity contribution in [1.29, 1.82) is 0 Å². The summed E-state index contributed by atoms with van der Waals surface area (Å²) in [5, 5.41) is 3.18. The van der Waals surface area contributed by atoms with E-state index in [2.05, 4.69) is 10.0 Å². The molecule has 8 heteroatoms. The van der Waals surface area contributed by atoms with Crippen molar-refractivity contribution in [1.82, 2.24) is 5.32 Å². The molecule has 0 heterocycles. The highest BCUT2D eigenvalue weighted by molar-refractivity contribution is 7.92. The number of rotatable bonds is 6. The van der Waals surface area contributed by atoms with E-state index in [1.807, 2.05) is 0 Å². The van der Waals surface area contributed by atoms with Crippen molar-refractivity contribution in [2.75, 3.05) is 11.3 Å². The van der Waals surface area contributed by atoms with E-state index in [0.717, 1.165) is 12.8 Å². The topological polar surface area (TPSA) is 75.3 Å². The summed E-state index contributed by atoms with van der Waals surface area (Å²) < 4.78 is 27.9. The maximum atomic E-state index is 12.7. The number of carbonyl (C=O) groups is 1. The Morgan fingerprint density at radius 3 is 2.44 bits per heavy atom. The molecule has 1 saturated carbocycles. The van der Waals surface area contributed by atoms with Crippen LogP contribution in [0.4, 0.5) is 5.69 Å². The van der Waals surface area contributed by atoms with Crippen molar-refractivity contribution in [3.05, 3.63) is 58.1 Å². The molecule has 2 aromatic rings. The third-order valence-corrected chi connectivity index (χ3v) is 6.80. The monoisotopic (exact) mass is 426 g/mol. The Hall–Kier alpha value is -1.76. The Balaban J connectivity index is 1.79. The second-order valence-corrected chi connectivity index (χ2v) is 9.06. The maximum absolute atomic E-state index is 12.7. The lowest BCUT2D eigenvalue weighted by molar-refractivity contribution is 0.0947. The molecule has 5 nitrogen and oxygen atoms in total. The Kier molecular flexibility index (Phi) is 6.29. The first-order chi connectivity index (χ1) is 12.9. The summed E-state index contributed by atoms with van der Waals surface area (Å²) in [4.78, 5) is 12.2. The number of carbonyl (C=O) groups excluding carboxylic acids is 1. The van der Waals surface area contributed by atoms with Crippen molar-refractivity contribution >= 4 is 44.8 Å². The van der Waals surface area contributed by atoms with E-state index in [-0.39, 0.29) is 32.1 Å². The zero-order chi connectivity index (χ0) is 19.4. The number of amides is 1. The minimum atomic E-state index is -4.00. The van der Waals surface area contributed by atoms with Crippen LogP contribution in [0.5, 0.6) is 0 Å². The van der Waals surface area contributed by atoms with Crippen LogP contribution in [0.3, 0.4) is 0 Å². The molecule has 0 aliphatic heterocycles. The second kappa shape index (κ2) is 8.50. The van der Waals surface area contributed by atoms with E-state index in [9.17, 15) is 13.2 Å². The van der Waals surface area contributed by atoms with Gasteiger partial charge in [0.05, 0.1) is 15.7 Å².